The summed E-state index contributed by atoms with van der Waals surface area (Å²) in [7, 11) is 3.33. The Labute approximate surface area is 193 Å². The summed E-state index contributed by atoms with van der Waals surface area (Å²) in [5.74, 6) is 0.512. The molecule has 4 rings (SSSR count). The topological polar surface area (TPSA) is 105 Å². The summed E-state index contributed by atoms with van der Waals surface area (Å²) in [5, 5.41) is 21.1. The van der Waals surface area contributed by atoms with E-state index in [0.29, 0.717) is 17.9 Å². The minimum atomic E-state index is -4.61. The highest BCUT2D eigenvalue weighted by molar-refractivity contribution is 6.10. The van der Waals surface area contributed by atoms with E-state index in [1.807, 2.05) is 6.07 Å². The number of halogens is 3. The Kier molecular flexibility index (Phi) is 6.04. The lowest BCUT2D eigenvalue weighted by Crippen LogP contribution is -2.35. The number of nitrogens with one attached hydrogen (secondary N) is 1. The van der Waals surface area contributed by atoms with Crippen molar-refractivity contribution in [3.8, 4) is 17.3 Å². The molecule has 1 aromatic carbocycles. The second-order valence-electron chi connectivity index (χ2n) is 8.15. The van der Waals surface area contributed by atoms with Crippen LogP contribution in [0.25, 0.3) is 11.5 Å². The number of alkyl halides is 3. The van der Waals surface area contributed by atoms with E-state index < -0.39 is 18.3 Å². The molecule has 12 heteroatoms. The molecule has 0 bridgehead atoms. The van der Waals surface area contributed by atoms with Crippen molar-refractivity contribution in [1.82, 2.24) is 25.1 Å². The van der Waals surface area contributed by atoms with Gasteiger partial charge in [0, 0.05) is 12.1 Å². The normalized spacial score (nSPS) is 15.4. The number of carbonyl (C=O) groups is 1. The number of anilines is 1. The van der Waals surface area contributed by atoms with Crippen LogP contribution in [0.4, 0.5) is 19.0 Å². The number of pyridine rings is 1. The molecule has 1 amide bonds. The summed E-state index contributed by atoms with van der Waals surface area (Å²) in [6.07, 6.45) is -5.09. The first kappa shape index (κ1) is 23.6. The molecule has 2 aromatic heterocycles. The molecule has 34 heavy (non-hydrogen) atoms. The fourth-order valence-electron chi connectivity index (χ4n) is 4.03. The van der Waals surface area contributed by atoms with Crippen molar-refractivity contribution in [2.24, 2.45) is 0 Å². The molecule has 1 aliphatic rings. The van der Waals surface area contributed by atoms with Gasteiger partial charge in [0.2, 0.25) is 0 Å². The number of methoxy groups -OCH3 is 1. The highest BCUT2D eigenvalue weighted by Crippen LogP contribution is 2.35. The molecule has 0 aliphatic carbocycles. The summed E-state index contributed by atoms with van der Waals surface area (Å²) in [4.78, 5) is 19.1. The first-order chi connectivity index (χ1) is 16.0. The summed E-state index contributed by atoms with van der Waals surface area (Å²) in [5.41, 5.74) is 0.0744. The molecule has 0 unspecified atom stereocenters. The van der Waals surface area contributed by atoms with E-state index in [2.05, 4.69) is 20.5 Å². The molecule has 0 saturated carbocycles. The Morgan fingerprint density at radius 3 is 2.71 bits per heavy atom. The van der Waals surface area contributed by atoms with Crippen molar-refractivity contribution in [2.45, 2.75) is 38.3 Å². The molecule has 0 fully saturated rings. The monoisotopic (exact) mass is 476 g/mol. The van der Waals surface area contributed by atoms with Crippen LogP contribution in [0.1, 0.15) is 34.8 Å². The highest BCUT2D eigenvalue weighted by Gasteiger charge is 2.41. The summed E-state index contributed by atoms with van der Waals surface area (Å²) < 4.78 is 45.2. The standard InChI is InChI=1S/C22H23F3N6O3/c1-21(33,11-22(23,24)25)31-12-27-29-19(31)17-5-4-6-18(28-17)30-10-16-13(9-26-2)7-14(34-3)8-15(16)20(30)32/h4-8,12,26,33H,9-11H2,1-3H3/t21-/m0/s1. The van der Waals surface area contributed by atoms with E-state index >= 15 is 0 Å². The molecule has 1 aliphatic heterocycles. The maximum Gasteiger partial charge on any atom is 0.393 e. The lowest BCUT2D eigenvalue weighted by molar-refractivity contribution is -0.192. The Morgan fingerprint density at radius 1 is 1.26 bits per heavy atom. The number of fused-ring (bicyclic) bond motifs is 1. The fraction of sp³-hybridized carbons (Fsp3) is 0.364. The van der Waals surface area contributed by atoms with Gasteiger partial charge in [-0.15, -0.1) is 10.2 Å². The molecular weight excluding hydrogens is 453 g/mol. The van der Waals surface area contributed by atoms with Gasteiger partial charge in [-0.3, -0.25) is 14.3 Å². The first-order valence-corrected chi connectivity index (χ1v) is 10.4. The molecular formula is C22H23F3N6O3. The fourth-order valence-corrected chi connectivity index (χ4v) is 4.03. The van der Waals surface area contributed by atoms with Gasteiger partial charge in [0.25, 0.3) is 5.91 Å². The number of nitrogens with zero attached hydrogens (tertiary/aromatic N) is 5. The smallest absolute Gasteiger partial charge is 0.393 e. The van der Waals surface area contributed by atoms with Crippen molar-refractivity contribution < 1.29 is 27.8 Å². The third-order valence-corrected chi connectivity index (χ3v) is 5.55. The molecule has 0 saturated heterocycles. The molecule has 0 radical (unpaired) electrons. The second kappa shape index (κ2) is 8.69. The van der Waals surface area contributed by atoms with E-state index in [-0.39, 0.29) is 29.8 Å². The number of aromatic nitrogens is 4. The number of carbonyl (C=O) groups excluding carboxylic acids is 1. The summed E-state index contributed by atoms with van der Waals surface area (Å²) in [6.45, 7) is 1.82. The Bertz CT molecular complexity index is 1220. The minimum absolute atomic E-state index is 0.0576. The van der Waals surface area contributed by atoms with Gasteiger partial charge >= 0.3 is 6.18 Å². The molecule has 180 valence electrons. The molecule has 9 nitrogen and oxygen atoms in total. The van der Waals surface area contributed by atoms with E-state index in [4.69, 9.17) is 4.74 Å². The van der Waals surface area contributed by atoms with E-state index in [9.17, 15) is 23.1 Å². The Hall–Kier alpha value is -3.51. The predicted molar refractivity (Wildman–Crippen MR) is 116 cm³/mol. The average molecular weight is 476 g/mol. The van der Waals surface area contributed by atoms with Crippen LogP contribution in [0.3, 0.4) is 0 Å². The Morgan fingerprint density at radius 2 is 2.03 bits per heavy atom. The van der Waals surface area contributed by atoms with Crippen molar-refractivity contribution in [1.29, 1.82) is 0 Å². The number of hydrogen-bond acceptors (Lipinski definition) is 7. The third-order valence-electron chi connectivity index (χ3n) is 5.55. The van der Waals surface area contributed by atoms with Gasteiger partial charge < -0.3 is 15.2 Å². The number of hydrogen-bond donors (Lipinski definition) is 2. The quantitative estimate of drug-likeness (QED) is 0.540. The van der Waals surface area contributed by atoms with Crippen molar-refractivity contribution in [3.63, 3.8) is 0 Å². The predicted octanol–water partition coefficient (Wildman–Crippen LogP) is 2.85. The SMILES string of the molecule is CNCc1cc(OC)cc2c1CN(c1cccc(-c3nncn3[C@@](C)(O)CC(F)(F)F)n1)C2=O. The average Bonchev–Trinajstić information content (AvgIpc) is 3.39. The van der Waals surface area contributed by atoms with Crippen molar-refractivity contribution in [2.75, 3.05) is 19.1 Å². The highest BCUT2D eigenvalue weighted by atomic mass is 19.4. The van der Waals surface area contributed by atoms with Crippen LogP contribution < -0.4 is 15.0 Å². The van der Waals surface area contributed by atoms with Crippen LogP contribution in [-0.2, 0) is 18.8 Å². The van der Waals surface area contributed by atoms with Gasteiger partial charge in [-0.05, 0) is 49.4 Å². The van der Waals surface area contributed by atoms with E-state index in [0.717, 1.165) is 28.9 Å². The largest absolute Gasteiger partial charge is 0.497 e. The lowest BCUT2D eigenvalue weighted by Gasteiger charge is -2.27. The van der Waals surface area contributed by atoms with Crippen molar-refractivity contribution in [3.05, 3.63) is 53.3 Å². The van der Waals surface area contributed by atoms with Gasteiger partial charge in [0.05, 0.1) is 20.1 Å². The molecule has 1 atom stereocenters. The lowest BCUT2D eigenvalue weighted by atomic mass is 10.0. The zero-order chi connectivity index (χ0) is 24.7. The summed E-state index contributed by atoms with van der Waals surface area (Å²) in [6, 6.07) is 8.29. The van der Waals surface area contributed by atoms with E-state index in [1.54, 1.807) is 25.2 Å². The van der Waals surface area contributed by atoms with Crippen LogP contribution >= 0.6 is 0 Å². The van der Waals surface area contributed by atoms with Crippen LogP contribution in [0, 0.1) is 0 Å². The number of benzene rings is 1. The number of aliphatic hydroxyl groups is 1. The number of amides is 1. The maximum absolute atomic E-state index is 13.2. The van der Waals surface area contributed by atoms with Crippen LogP contribution in [-0.4, -0.2) is 51.1 Å². The molecule has 2 N–H and O–H groups in total. The van der Waals surface area contributed by atoms with Gasteiger partial charge in [-0.1, -0.05) is 6.07 Å². The summed E-state index contributed by atoms with van der Waals surface area (Å²) >= 11 is 0. The Balaban J connectivity index is 1.69. The third kappa shape index (κ3) is 4.46. The van der Waals surface area contributed by atoms with Crippen LogP contribution in [0.2, 0.25) is 0 Å². The maximum atomic E-state index is 13.2. The zero-order valence-corrected chi connectivity index (χ0v) is 18.7. The van der Waals surface area contributed by atoms with Crippen LogP contribution in [0.15, 0.2) is 36.7 Å². The second-order valence-corrected chi connectivity index (χ2v) is 8.15. The van der Waals surface area contributed by atoms with Gasteiger partial charge in [0.15, 0.2) is 5.82 Å². The molecule has 3 aromatic rings. The zero-order valence-electron chi connectivity index (χ0n) is 18.7. The van der Waals surface area contributed by atoms with Gasteiger partial charge in [-0.2, -0.15) is 13.2 Å². The van der Waals surface area contributed by atoms with Gasteiger partial charge in [-0.25, -0.2) is 4.98 Å². The van der Waals surface area contributed by atoms with E-state index in [1.165, 1.54) is 18.1 Å². The number of rotatable bonds is 7. The van der Waals surface area contributed by atoms with Crippen LogP contribution in [0.5, 0.6) is 5.75 Å². The minimum Gasteiger partial charge on any atom is -0.497 e. The molecule has 0 spiro atoms. The van der Waals surface area contributed by atoms with Gasteiger partial charge in [0.1, 0.15) is 29.3 Å². The first-order valence-electron chi connectivity index (χ1n) is 10.4. The van der Waals surface area contributed by atoms with Crippen molar-refractivity contribution >= 4 is 11.7 Å². The number of ether oxygens (including phenoxy) is 1. The molecule has 3 heterocycles.